The predicted molar refractivity (Wildman–Crippen MR) is 59.4 cm³/mol. The normalized spacial score (nSPS) is 9.00. The third kappa shape index (κ3) is 3.14. The Morgan fingerprint density at radius 3 is 2.80 bits per heavy atom. The Labute approximate surface area is 90.3 Å². The van der Waals surface area contributed by atoms with Crippen LogP contribution < -0.4 is 0 Å². The van der Waals surface area contributed by atoms with Crippen molar-refractivity contribution in [3.63, 3.8) is 0 Å². The summed E-state index contributed by atoms with van der Waals surface area (Å²) in [6.07, 6.45) is 0.143. The molecule has 0 bridgehead atoms. The number of benzene rings is 1. The number of methoxy groups -OCH3 is 1. The van der Waals surface area contributed by atoms with E-state index in [1.165, 1.54) is 12.7 Å². The second-order valence-corrected chi connectivity index (χ2v) is 3.30. The van der Waals surface area contributed by atoms with E-state index in [9.17, 15) is 4.79 Å². The standard InChI is InChI=1S/C13H14O2/c1-10-6-4-7-12(11(10)2)8-5-9-13(14)15-3/h4,6-7H,9H2,1-3H3. The van der Waals surface area contributed by atoms with Crippen LogP contribution in [0.5, 0.6) is 0 Å². The lowest BCUT2D eigenvalue weighted by atomic mass is 10.0. The highest BCUT2D eigenvalue weighted by Crippen LogP contribution is 2.10. The lowest BCUT2D eigenvalue weighted by molar-refractivity contribution is -0.139. The van der Waals surface area contributed by atoms with Crippen molar-refractivity contribution < 1.29 is 9.53 Å². The van der Waals surface area contributed by atoms with Gasteiger partial charge in [0.05, 0.1) is 7.11 Å². The fourth-order valence-electron chi connectivity index (χ4n) is 1.17. The number of ether oxygens (including phenoxy) is 1. The van der Waals surface area contributed by atoms with Crippen LogP contribution in [0.1, 0.15) is 23.1 Å². The minimum absolute atomic E-state index is 0.143. The molecule has 0 aromatic heterocycles. The van der Waals surface area contributed by atoms with Crippen molar-refractivity contribution in [2.45, 2.75) is 20.3 Å². The van der Waals surface area contributed by atoms with Gasteiger partial charge in [0, 0.05) is 5.56 Å². The lowest BCUT2D eigenvalue weighted by Gasteiger charge is -2.00. The fraction of sp³-hybridized carbons (Fsp3) is 0.308. The molecule has 0 spiro atoms. The number of rotatable bonds is 1. The molecule has 0 unspecified atom stereocenters. The summed E-state index contributed by atoms with van der Waals surface area (Å²) >= 11 is 0. The van der Waals surface area contributed by atoms with Gasteiger partial charge < -0.3 is 4.74 Å². The second kappa shape index (κ2) is 5.21. The fourth-order valence-corrected chi connectivity index (χ4v) is 1.17. The van der Waals surface area contributed by atoms with Crippen LogP contribution in [0.15, 0.2) is 18.2 Å². The van der Waals surface area contributed by atoms with Crippen molar-refractivity contribution in [2.24, 2.45) is 0 Å². The monoisotopic (exact) mass is 202 g/mol. The first-order valence-electron chi connectivity index (χ1n) is 4.77. The molecule has 0 atom stereocenters. The molecule has 0 radical (unpaired) electrons. The molecular formula is C13H14O2. The third-order valence-electron chi connectivity index (χ3n) is 2.29. The summed E-state index contributed by atoms with van der Waals surface area (Å²) in [5.74, 6) is 5.47. The molecule has 78 valence electrons. The highest BCUT2D eigenvalue weighted by atomic mass is 16.5. The molecule has 15 heavy (non-hydrogen) atoms. The highest BCUT2D eigenvalue weighted by molar-refractivity contribution is 5.72. The maximum Gasteiger partial charge on any atom is 0.317 e. The molecule has 1 aromatic rings. The van der Waals surface area contributed by atoms with Crippen LogP contribution in [0, 0.1) is 25.7 Å². The van der Waals surface area contributed by atoms with Gasteiger partial charge >= 0.3 is 5.97 Å². The summed E-state index contributed by atoms with van der Waals surface area (Å²) in [6, 6.07) is 5.96. The Kier molecular flexibility index (Phi) is 3.93. The minimum Gasteiger partial charge on any atom is -0.468 e. The molecule has 0 fully saturated rings. The first-order valence-corrected chi connectivity index (χ1v) is 4.77. The van der Waals surface area contributed by atoms with Gasteiger partial charge in [0.1, 0.15) is 6.42 Å². The quantitative estimate of drug-likeness (QED) is 0.515. The Morgan fingerprint density at radius 2 is 2.13 bits per heavy atom. The van der Waals surface area contributed by atoms with Crippen LogP contribution in [0.3, 0.4) is 0 Å². The van der Waals surface area contributed by atoms with E-state index in [-0.39, 0.29) is 12.4 Å². The number of hydrogen-bond acceptors (Lipinski definition) is 2. The maximum atomic E-state index is 10.8. The van der Waals surface area contributed by atoms with Gasteiger partial charge in [-0.1, -0.05) is 24.0 Å². The molecule has 0 N–H and O–H groups in total. The van der Waals surface area contributed by atoms with Crippen molar-refractivity contribution in [2.75, 3.05) is 7.11 Å². The van der Waals surface area contributed by atoms with Crippen LogP contribution in [0.25, 0.3) is 0 Å². The Hall–Kier alpha value is -1.75. The summed E-state index contributed by atoms with van der Waals surface area (Å²) in [5, 5.41) is 0. The summed E-state index contributed by atoms with van der Waals surface area (Å²) in [6.45, 7) is 4.07. The Bertz CT molecular complexity index is 422. The molecule has 0 aliphatic rings. The Balaban J connectivity index is 2.80. The molecule has 1 aromatic carbocycles. The van der Waals surface area contributed by atoms with Crippen LogP contribution in [0.2, 0.25) is 0 Å². The zero-order chi connectivity index (χ0) is 11.3. The van der Waals surface area contributed by atoms with E-state index in [4.69, 9.17) is 0 Å². The zero-order valence-electron chi connectivity index (χ0n) is 9.26. The molecule has 0 amide bonds. The average molecular weight is 202 g/mol. The third-order valence-corrected chi connectivity index (χ3v) is 2.29. The van der Waals surface area contributed by atoms with Crippen LogP contribution in [-0.2, 0) is 9.53 Å². The highest BCUT2D eigenvalue weighted by Gasteiger charge is 1.97. The van der Waals surface area contributed by atoms with Crippen molar-refractivity contribution in [3.05, 3.63) is 34.9 Å². The molecule has 0 aliphatic heterocycles. The molecule has 0 aliphatic carbocycles. The van der Waals surface area contributed by atoms with Gasteiger partial charge in [-0.3, -0.25) is 4.79 Å². The molecule has 0 heterocycles. The van der Waals surface area contributed by atoms with Crippen LogP contribution >= 0.6 is 0 Å². The zero-order valence-corrected chi connectivity index (χ0v) is 9.26. The number of hydrogen-bond donors (Lipinski definition) is 0. The van der Waals surface area contributed by atoms with Crippen molar-refractivity contribution in [3.8, 4) is 11.8 Å². The van der Waals surface area contributed by atoms with Crippen LogP contribution in [0.4, 0.5) is 0 Å². The van der Waals surface area contributed by atoms with Crippen molar-refractivity contribution in [1.29, 1.82) is 0 Å². The molecule has 0 saturated carbocycles. The van der Waals surface area contributed by atoms with Gasteiger partial charge in [-0.25, -0.2) is 0 Å². The number of carbonyl (C=O) groups is 1. The molecule has 2 nitrogen and oxygen atoms in total. The average Bonchev–Trinajstić information content (AvgIpc) is 2.24. The van der Waals surface area contributed by atoms with Gasteiger partial charge in [-0.2, -0.15) is 0 Å². The smallest absolute Gasteiger partial charge is 0.317 e. The topological polar surface area (TPSA) is 26.3 Å². The van der Waals surface area contributed by atoms with E-state index < -0.39 is 0 Å². The van der Waals surface area contributed by atoms with Gasteiger partial charge in [0.15, 0.2) is 0 Å². The van der Waals surface area contributed by atoms with Gasteiger partial charge in [-0.15, -0.1) is 0 Å². The summed E-state index contributed by atoms with van der Waals surface area (Å²) in [7, 11) is 1.36. The van der Waals surface area contributed by atoms with E-state index >= 15 is 0 Å². The molecule has 1 rings (SSSR count). The SMILES string of the molecule is COC(=O)CC#Cc1cccc(C)c1C. The first-order chi connectivity index (χ1) is 7.15. The lowest BCUT2D eigenvalue weighted by Crippen LogP contribution is -1.97. The van der Waals surface area contributed by atoms with E-state index in [1.807, 2.05) is 32.0 Å². The summed E-state index contributed by atoms with van der Waals surface area (Å²) < 4.78 is 4.50. The van der Waals surface area contributed by atoms with E-state index in [1.54, 1.807) is 0 Å². The second-order valence-electron chi connectivity index (χ2n) is 3.30. The molecule has 0 saturated heterocycles. The van der Waals surface area contributed by atoms with Crippen molar-refractivity contribution >= 4 is 5.97 Å². The van der Waals surface area contributed by atoms with E-state index in [0.717, 1.165) is 11.1 Å². The molecular weight excluding hydrogens is 188 g/mol. The van der Waals surface area contributed by atoms with Gasteiger partial charge in [0.2, 0.25) is 0 Å². The van der Waals surface area contributed by atoms with Gasteiger partial charge in [-0.05, 0) is 31.0 Å². The summed E-state index contributed by atoms with van der Waals surface area (Å²) in [4.78, 5) is 10.8. The predicted octanol–water partition coefficient (Wildman–Crippen LogP) is 2.22. The van der Waals surface area contributed by atoms with Crippen LogP contribution in [-0.4, -0.2) is 13.1 Å². The maximum absolute atomic E-state index is 10.8. The largest absolute Gasteiger partial charge is 0.468 e. The molecule has 2 heteroatoms. The summed E-state index contributed by atoms with van der Waals surface area (Å²) in [5.41, 5.74) is 3.34. The van der Waals surface area contributed by atoms with E-state index in [2.05, 4.69) is 16.6 Å². The van der Waals surface area contributed by atoms with Crippen molar-refractivity contribution in [1.82, 2.24) is 0 Å². The number of carbonyl (C=O) groups excluding carboxylic acids is 1. The number of aryl methyl sites for hydroxylation is 1. The Morgan fingerprint density at radius 1 is 1.40 bits per heavy atom. The van der Waals surface area contributed by atoms with E-state index in [0.29, 0.717) is 0 Å². The first kappa shape index (κ1) is 11.3. The minimum atomic E-state index is -0.298. The van der Waals surface area contributed by atoms with Gasteiger partial charge in [0.25, 0.3) is 0 Å². The number of esters is 1.